The van der Waals surface area contributed by atoms with E-state index >= 15 is 0 Å². The van der Waals surface area contributed by atoms with E-state index in [1.165, 1.54) is 24.3 Å². The Morgan fingerprint density at radius 1 is 0.681 bits per heavy atom. The van der Waals surface area contributed by atoms with Crippen LogP contribution in [0.1, 0.15) is 82.9 Å². The first-order chi connectivity index (χ1) is 33.9. The second-order valence-corrected chi connectivity index (χ2v) is 17.6. The smallest absolute Gasteiger partial charge is 0.305 e. The maximum atomic E-state index is 14.3. The second kappa shape index (κ2) is 26.0. The van der Waals surface area contributed by atoms with Gasteiger partial charge >= 0.3 is 17.9 Å². The Morgan fingerprint density at radius 3 is 1.78 bits per heavy atom. The number of primary amides is 2. The molecule has 4 rings (SSSR count). The van der Waals surface area contributed by atoms with Crippen LogP contribution in [0.2, 0.25) is 0 Å². The molecule has 9 amide bonds. The van der Waals surface area contributed by atoms with Crippen LogP contribution in [0.3, 0.4) is 0 Å². The molecule has 2 aliphatic heterocycles. The number of aliphatic carboxylic acids is 3. The van der Waals surface area contributed by atoms with Crippen LogP contribution in [-0.2, 0) is 70.4 Å². The van der Waals surface area contributed by atoms with E-state index in [0.29, 0.717) is 5.56 Å². The number of nitrogens with two attached hydrogens (primary N) is 2. The number of carboxylic acid groups (broad SMARTS) is 3. The Bertz CT molecular complexity index is 2380. The summed E-state index contributed by atoms with van der Waals surface area (Å²) in [5, 5.41) is 61.0. The van der Waals surface area contributed by atoms with E-state index in [4.69, 9.17) is 11.5 Å². The number of aromatic hydroxyl groups is 1. The number of hydrogen-bond donors (Lipinski definition) is 13. The standard InChI is InChI=1S/C43H59N13O16/c1-20(2)14-27-38(67)49-30(18-35(63)64)41(70)47-26(36(45)65)16-22-19-56(54-52-22)53-24(9-11-32(44)58)37(66)48-28(15-21-5-7-23(57)8-6-21)39(68)50-29(17-34(61)62)40(69)46-25(10-12-33(59)60)43(72)55-13-3-4-31(55)42(71)51-27/h5-8,19-20,24-31,53,57H,3-4,9-18H2,1-2H3,(H2,44,58)(H2,45,65)(H,46,69)(H,47,70)(H,48,66)(H,49,67)(H,50,68)(H,51,71)(H,59,60)(H,61,62)(H,63,64)/t24-,25-,26-,27-,28-,29-,30-,31-/m0/s1. The molecule has 72 heavy (non-hydrogen) atoms. The van der Waals surface area contributed by atoms with Crippen molar-refractivity contribution in [1.82, 2.24) is 51.9 Å². The second-order valence-electron chi connectivity index (χ2n) is 17.6. The molecule has 1 aromatic heterocycles. The molecular weight excluding hydrogens is 955 g/mol. The number of amides is 9. The van der Waals surface area contributed by atoms with Gasteiger partial charge in [0.15, 0.2) is 0 Å². The minimum atomic E-state index is -1.99. The first-order valence-corrected chi connectivity index (χ1v) is 22.7. The number of benzene rings is 1. The van der Waals surface area contributed by atoms with Gasteiger partial charge in [0.2, 0.25) is 53.2 Å². The number of hydrogen-bond acceptors (Lipinski definition) is 16. The Labute approximate surface area is 409 Å². The largest absolute Gasteiger partial charge is 0.508 e. The lowest BCUT2D eigenvalue weighted by Crippen LogP contribution is -2.60. The summed E-state index contributed by atoms with van der Waals surface area (Å²) in [7, 11) is 0. The van der Waals surface area contributed by atoms with Crippen LogP contribution >= 0.6 is 0 Å². The highest BCUT2D eigenvalue weighted by Gasteiger charge is 2.41. The third-order valence-corrected chi connectivity index (χ3v) is 11.4. The highest BCUT2D eigenvalue weighted by atomic mass is 16.4. The van der Waals surface area contributed by atoms with Crippen LogP contribution in [-0.4, -0.2) is 166 Å². The number of nitrogens with zero attached hydrogens (tertiary/aromatic N) is 4. The highest BCUT2D eigenvalue weighted by Crippen LogP contribution is 2.21. The molecular formula is C43H59N13O16. The minimum absolute atomic E-state index is 0.00421. The molecule has 0 aliphatic carbocycles. The van der Waals surface area contributed by atoms with Gasteiger partial charge in [-0.3, -0.25) is 63.0 Å². The summed E-state index contributed by atoms with van der Waals surface area (Å²) < 4.78 is 0. The van der Waals surface area contributed by atoms with Gasteiger partial charge in [0.25, 0.3) is 0 Å². The fourth-order valence-electron chi connectivity index (χ4n) is 7.79. The third kappa shape index (κ3) is 17.2. The molecule has 8 atom stereocenters. The third-order valence-electron chi connectivity index (χ3n) is 11.4. The highest BCUT2D eigenvalue weighted by molar-refractivity contribution is 5.99. The molecule has 0 radical (unpaired) electrons. The van der Waals surface area contributed by atoms with Crippen molar-refractivity contribution >= 4 is 71.1 Å². The van der Waals surface area contributed by atoms with Crippen LogP contribution in [0.25, 0.3) is 0 Å². The number of rotatable bonds is 15. The van der Waals surface area contributed by atoms with Gasteiger partial charge in [-0.2, -0.15) is 4.79 Å². The van der Waals surface area contributed by atoms with Crippen LogP contribution in [0.15, 0.2) is 30.5 Å². The van der Waals surface area contributed by atoms with Crippen LogP contribution in [0, 0.1) is 5.92 Å². The summed E-state index contributed by atoms with van der Waals surface area (Å²) in [5.41, 5.74) is 13.9. The monoisotopic (exact) mass is 1010 g/mol. The number of phenolic OH excluding ortho intramolecular Hbond substituents is 1. The Kier molecular flexibility index (Phi) is 20.3. The van der Waals surface area contributed by atoms with Gasteiger partial charge in [-0.1, -0.05) is 26.0 Å². The van der Waals surface area contributed by atoms with Gasteiger partial charge in [0.05, 0.1) is 24.7 Å². The molecule has 0 saturated carbocycles. The summed E-state index contributed by atoms with van der Waals surface area (Å²) in [6.45, 7) is 3.26. The lowest BCUT2D eigenvalue weighted by Gasteiger charge is -2.31. The fraction of sp³-hybridized carbons (Fsp3) is 0.535. The lowest BCUT2D eigenvalue weighted by atomic mass is 10.0. The number of aromatic nitrogens is 3. The van der Waals surface area contributed by atoms with Crippen molar-refractivity contribution in [2.45, 2.75) is 133 Å². The van der Waals surface area contributed by atoms with Crippen molar-refractivity contribution < 1.29 is 78.0 Å². The van der Waals surface area contributed by atoms with E-state index in [2.05, 4.69) is 47.6 Å². The Balaban J connectivity index is 1.83. The molecule has 2 bridgehead atoms. The van der Waals surface area contributed by atoms with Crippen molar-refractivity contribution in [3.8, 4) is 5.75 Å². The molecule has 2 aromatic rings. The van der Waals surface area contributed by atoms with Gasteiger partial charge in [0.1, 0.15) is 54.1 Å². The predicted molar refractivity (Wildman–Crippen MR) is 243 cm³/mol. The van der Waals surface area contributed by atoms with E-state index in [1.807, 2.05) is 0 Å². The first-order valence-electron chi connectivity index (χ1n) is 22.7. The zero-order chi connectivity index (χ0) is 53.4. The summed E-state index contributed by atoms with van der Waals surface area (Å²) in [6.07, 6.45) is -3.79. The Hall–Kier alpha value is -8.40. The predicted octanol–water partition coefficient (Wildman–Crippen LogP) is -4.79. The first kappa shape index (κ1) is 56.2. The number of phenols is 1. The van der Waals surface area contributed by atoms with Crippen LogP contribution < -0.4 is 48.8 Å². The van der Waals surface area contributed by atoms with E-state index in [0.717, 1.165) is 15.9 Å². The summed E-state index contributed by atoms with van der Waals surface area (Å²) in [4.78, 5) is 160. The average Bonchev–Trinajstić information content (AvgIpc) is 3.97. The van der Waals surface area contributed by atoms with Crippen molar-refractivity contribution in [2.24, 2.45) is 17.4 Å². The topological polar surface area (TPSA) is 456 Å². The SMILES string of the molecule is CC(C)C[C@@H]1NC(=O)[C@@H]2CCCN2C(=O)[C@H](CCC(=O)O)NC(=O)[C@H](CC(=O)O)NC(=O)[C@H](Cc2ccc(O)cc2)NC(=O)[C@H](CCC(N)=O)Nn2cc(nn2)C[C@@H](C(N)=O)NC(=O)[C@H](CC(=O)O)NC1=O. The van der Waals surface area contributed by atoms with Gasteiger partial charge in [0, 0.05) is 32.2 Å². The van der Waals surface area contributed by atoms with E-state index < -0.39 is 158 Å². The molecule has 0 spiro atoms. The molecule has 29 heteroatoms. The number of fused-ring (bicyclic) bond motifs is 3. The van der Waals surface area contributed by atoms with Gasteiger partial charge in [-0.25, -0.2) is 0 Å². The molecule has 3 heterocycles. The van der Waals surface area contributed by atoms with E-state index in [-0.39, 0.29) is 56.0 Å². The number of carbonyl (C=O) groups is 12. The van der Waals surface area contributed by atoms with E-state index in [1.54, 1.807) is 13.8 Å². The minimum Gasteiger partial charge on any atom is -0.508 e. The summed E-state index contributed by atoms with van der Waals surface area (Å²) in [5.74, 6) is -14.6. The van der Waals surface area contributed by atoms with Gasteiger partial charge < -0.3 is 68.7 Å². The summed E-state index contributed by atoms with van der Waals surface area (Å²) >= 11 is 0. The maximum Gasteiger partial charge on any atom is 0.305 e. The van der Waals surface area contributed by atoms with Crippen LogP contribution in [0.4, 0.5) is 0 Å². The molecule has 1 fully saturated rings. The number of nitrogens with one attached hydrogen (secondary N) is 7. The zero-order valence-electron chi connectivity index (χ0n) is 39.2. The van der Waals surface area contributed by atoms with Crippen molar-refractivity contribution in [1.29, 1.82) is 0 Å². The zero-order valence-corrected chi connectivity index (χ0v) is 39.2. The van der Waals surface area contributed by atoms with Gasteiger partial charge in [-0.15, -0.1) is 5.10 Å². The van der Waals surface area contributed by atoms with Crippen molar-refractivity contribution in [2.75, 3.05) is 12.0 Å². The molecule has 29 nitrogen and oxygen atoms in total. The molecule has 15 N–H and O–H groups in total. The quantitative estimate of drug-likeness (QED) is 0.0796. The van der Waals surface area contributed by atoms with E-state index in [9.17, 15) is 78.0 Å². The molecule has 392 valence electrons. The maximum absolute atomic E-state index is 14.3. The average molecular weight is 1010 g/mol. The Morgan fingerprint density at radius 2 is 1.21 bits per heavy atom. The normalized spacial score (nSPS) is 24.2. The van der Waals surface area contributed by atoms with Gasteiger partial charge in [-0.05, 0) is 60.9 Å². The molecule has 2 aliphatic rings. The molecule has 1 aromatic carbocycles. The molecule has 0 unspecified atom stereocenters. The number of carbonyl (C=O) groups excluding carboxylic acids is 9. The number of carboxylic acids is 3. The van der Waals surface area contributed by atoms with Crippen molar-refractivity contribution in [3.05, 3.63) is 41.7 Å². The summed E-state index contributed by atoms with van der Waals surface area (Å²) in [6, 6.07) is -7.80. The van der Waals surface area contributed by atoms with Crippen molar-refractivity contribution in [3.63, 3.8) is 0 Å². The fourth-order valence-corrected chi connectivity index (χ4v) is 7.79. The van der Waals surface area contributed by atoms with Crippen LogP contribution in [0.5, 0.6) is 5.75 Å². The lowest BCUT2D eigenvalue weighted by molar-refractivity contribution is -0.144. The molecule has 1 saturated heterocycles.